The molecule has 0 amide bonds. The Bertz CT molecular complexity index is 2890. The van der Waals surface area contributed by atoms with Crippen molar-refractivity contribution >= 4 is 11.8 Å². The average Bonchev–Trinajstić information content (AvgIpc) is 3.57. The van der Waals surface area contributed by atoms with E-state index in [0.717, 1.165) is 33.4 Å². The minimum atomic E-state index is -0.411. The van der Waals surface area contributed by atoms with Crippen molar-refractivity contribution in [3.63, 3.8) is 0 Å². The van der Waals surface area contributed by atoms with Crippen LogP contribution in [-0.2, 0) is 5.41 Å². The number of rotatable bonds is 5. The van der Waals surface area contributed by atoms with Crippen molar-refractivity contribution in [1.82, 2.24) is 15.0 Å². The van der Waals surface area contributed by atoms with Crippen molar-refractivity contribution in [2.24, 2.45) is 0 Å². The SMILES string of the molecule is c1ccc(-c2nc(-c3ccc(-c4ccc5c(c4)C4(c6ccccc6S5)c5ccccc5-c5ccccc54)cc3)nc(-c3ccccc3-c3ccccc3)n2)cc1. The van der Waals surface area contributed by atoms with Crippen molar-refractivity contribution < 1.29 is 0 Å². The largest absolute Gasteiger partial charge is 0.208 e. The molecule has 11 rings (SSSR count). The summed E-state index contributed by atoms with van der Waals surface area (Å²) in [5.74, 6) is 1.93. The van der Waals surface area contributed by atoms with Crippen LogP contribution in [0.2, 0.25) is 0 Å². The second kappa shape index (κ2) is 13.2. The Balaban J connectivity index is 1.04. The minimum Gasteiger partial charge on any atom is -0.208 e. The maximum absolute atomic E-state index is 5.13. The molecule has 0 saturated carbocycles. The summed E-state index contributed by atoms with van der Waals surface area (Å²) < 4.78 is 0. The molecule has 1 spiro atoms. The third kappa shape index (κ3) is 5.10. The van der Waals surface area contributed by atoms with Crippen LogP contribution in [0.15, 0.2) is 210 Å². The predicted octanol–water partition coefficient (Wildman–Crippen LogP) is 13.0. The first kappa shape index (κ1) is 32.5. The van der Waals surface area contributed by atoms with E-state index in [1.807, 2.05) is 42.1 Å². The van der Waals surface area contributed by atoms with Crippen molar-refractivity contribution in [2.45, 2.75) is 15.2 Å². The predicted molar refractivity (Wildman–Crippen MR) is 228 cm³/mol. The van der Waals surface area contributed by atoms with Gasteiger partial charge in [0.1, 0.15) is 0 Å². The molecular weight excluding hydrogens is 699 g/mol. The van der Waals surface area contributed by atoms with Gasteiger partial charge in [-0.2, -0.15) is 0 Å². The lowest BCUT2D eigenvalue weighted by Crippen LogP contribution is -2.32. The molecule has 9 aromatic rings. The summed E-state index contributed by atoms with van der Waals surface area (Å²) >= 11 is 1.87. The van der Waals surface area contributed by atoms with E-state index in [1.165, 1.54) is 48.7 Å². The van der Waals surface area contributed by atoms with Gasteiger partial charge in [-0.05, 0) is 73.8 Å². The Morgan fingerprint density at radius 2 is 0.732 bits per heavy atom. The topological polar surface area (TPSA) is 38.7 Å². The molecule has 0 N–H and O–H groups in total. The van der Waals surface area contributed by atoms with Gasteiger partial charge in [-0.15, -0.1) is 0 Å². The maximum Gasteiger partial charge on any atom is 0.164 e. The third-order valence-corrected chi connectivity index (χ3v) is 12.4. The summed E-state index contributed by atoms with van der Waals surface area (Å²) in [6, 6.07) is 71.5. The second-order valence-corrected chi connectivity index (χ2v) is 15.4. The fourth-order valence-electron chi connectivity index (χ4n) is 8.74. The lowest BCUT2D eigenvalue weighted by molar-refractivity contribution is 0.723. The van der Waals surface area contributed by atoms with E-state index in [4.69, 9.17) is 15.0 Å². The zero-order valence-electron chi connectivity index (χ0n) is 30.3. The van der Waals surface area contributed by atoms with E-state index in [0.29, 0.717) is 17.5 Å². The number of fused-ring (bicyclic) bond motifs is 9. The van der Waals surface area contributed by atoms with Crippen molar-refractivity contribution in [2.75, 3.05) is 0 Å². The molecule has 1 aliphatic heterocycles. The van der Waals surface area contributed by atoms with Gasteiger partial charge in [-0.3, -0.25) is 0 Å². The van der Waals surface area contributed by atoms with Gasteiger partial charge in [0.2, 0.25) is 0 Å². The van der Waals surface area contributed by atoms with Gasteiger partial charge in [0.05, 0.1) is 5.41 Å². The van der Waals surface area contributed by atoms with Gasteiger partial charge in [-0.25, -0.2) is 15.0 Å². The summed E-state index contributed by atoms with van der Waals surface area (Å²) in [6.45, 7) is 0. The first-order valence-electron chi connectivity index (χ1n) is 18.9. The van der Waals surface area contributed by atoms with Crippen LogP contribution in [0.5, 0.6) is 0 Å². The summed E-state index contributed by atoms with van der Waals surface area (Å²) in [7, 11) is 0. The molecule has 2 heterocycles. The van der Waals surface area contributed by atoms with Gasteiger partial charge in [0, 0.05) is 26.5 Å². The third-order valence-electron chi connectivity index (χ3n) is 11.2. The molecular formula is C52H33N3S. The molecule has 0 radical (unpaired) electrons. The van der Waals surface area contributed by atoms with Gasteiger partial charge in [0.25, 0.3) is 0 Å². The Kier molecular flexibility index (Phi) is 7.64. The van der Waals surface area contributed by atoms with Gasteiger partial charge in [-0.1, -0.05) is 194 Å². The zero-order chi connectivity index (χ0) is 37.1. The fraction of sp³-hybridized carbons (Fsp3) is 0.0192. The Morgan fingerprint density at radius 3 is 1.39 bits per heavy atom. The summed E-state index contributed by atoms with van der Waals surface area (Å²) in [5.41, 5.74) is 14.9. The first-order valence-corrected chi connectivity index (χ1v) is 19.8. The van der Waals surface area contributed by atoms with Crippen LogP contribution >= 0.6 is 11.8 Å². The smallest absolute Gasteiger partial charge is 0.164 e. The number of benzene rings is 8. The van der Waals surface area contributed by atoms with Gasteiger partial charge in [0.15, 0.2) is 17.5 Å². The highest BCUT2D eigenvalue weighted by atomic mass is 32.2. The van der Waals surface area contributed by atoms with Crippen molar-refractivity contribution in [3.8, 4) is 67.5 Å². The number of nitrogens with zero attached hydrogens (tertiary/aromatic N) is 3. The molecule has 1 aromatic heterocycles. The number of hydrogen-bond acceptors (Lipinski definition) is 4. The molecule has 0 saturated heterocycles. The van der Waals surface area contributed by atoms with Gasteiger partial charge >= 0.3 is 0 Å². The van der Waals surface area contributed by atoms with Crippen LogP contribution in [-0.4, -0.2) is 15.0 Å². The van der Waals surface area contributed by atoms with E-state index in [1.54, 1.807) is 0 Å². The highest BCUT2D eigenvalue weighted by Gasteiger charge is 2.50. The van der Waals surface area contributed by atoms with Crippen molar-refractivity contribution in [3.05, 3.63) is 222 Å². The van der Waals surface area contributed by atoms with E-state index in [2.05, 4.69) is 170 Å². The second-order valence-electron chi connectivity index (χ2n) is 14.3. The Morgan fingerprint density at radius 1 is 0.286 bits per heavy atom. The maximum atomic E-state index is 5.13. The lowest BCUT2D eigenvalue weighted by atomic mass is 9.67. The normalized spacial score (nSPS) is 13.1. The molecule has 4 heteroatoms. The quantitative estimate of drug-likeness (QED) is 0.177. The molecule has 0 fully saturated rings. The first-order chi connectivity index (χ1) is 27.8. The van der Waals surface area contributed by atoms with Crippen LogP contribution in [0.25, 0.3) is 67.5 Å². The summed E-state index contributed by atoms with van der Waals surface area (Å²) in [4.78, 5) is 17.8. The van der Waals surface area contributed by atoms with Crippen LogP contribution in [0.4, 0.5) is 0 Å². The molecule has 0 unspecified atom stereocenters. The summed E-state index contributed by atoms with van der Waals surface area (Å²) in [5, 5.41) is 0. The number of hydrogen-bond donors (Lipinski definition) is 0. The van der Waals surface area contributed by atoms with E-state index >= 15 is 0 Å². The Labute approximate surface area is 330 Å². The monoisotopic (exact) mass is 731 g/mol. The molecule has 262 valence electrons. The van der Waals surface area contributed by atoms with Crippen LogP contribution in [0.3, 0.4) is 0 Å². The standard InChI is InChI=1S/C52H33N3S/c1-3-15-35(16-4-1)39-19-7-8-22-42(39)51-54-49(36-17-5-2-6-18-36)53-50(55-51)37-29-27-34(28-30-37)38-31-32-48-46(33-38)52(45-25-13-14-26-47(45)56-48)43-23-11-9-20-40(43)41-21-10-12-24-44(41)52/h1-33H. The fourth-order valence-corrected chi connectivity index (χ4v) is 9.91. The molecule has 56 heavy (non-hydrogen) atoms. The molecule has 0 bridgehead atoms. The zero-order valence-corrected chi connectivity index (χ0v) is 31.1. The highest BCUT2D eigenvalue weighted by Crippen LogP contribution is 2.62. The average molecular weight is 732 g/mol. The van der Waals surface area contributed by atoms with Crippen LogP contribution < -0.4 is 0 Å². The molecule has 3 nitrogen and oxygen atoms in total. The molecule has 0 atom stereocenters. The molecule has 2 aliphatic rings. The highest BCUT2D eigenvalue weighted by molar-refractivity contribution is 7.99. The van der Waals surface area contributed by atoms with Crippen LogP contribution in [0.1, 0.15) is 22.3 Å². The van der Waals surface area contributed by atoms with Crippen LogP contribution in [0, 0.1) is 0 Å². The Hall–Kier alpha value is -6.88. The molecule has 8 aromatic carbocycles. The van der Waals surface area contributed by atoms with E-state index < -0.39 is 5.41 Å². The van der Waals surface area contributed by atoms with Crippen molar-refractivity contribution in [1.29, 1.82) is 0 Å². The van der Waals surface area contributed by atoms with E-state index in [9.17, 15) is 0 Å². The van der Waals surface area contributed by atoms with Gasteiger partial charge < -0.3 is 0 Å². The molecule has 1 aliphatic carbocycles. The van der Waals surface area contributed by atoms with E-state index in [-0.39, 0.29) is 0 Å². The minimum absolute atomic E-state index is 0.411. The summed E-state index contributed by atoms with van der Waals surface area (Å²) in [6.07, 6.45) is 0. The number of aromatic nitrogens is 3. The lowest BCUT2D eigenvalue weighted by Gasteiger charge is -2.40.